The van der Waals surface area contributed by atoms with E-state index in [1.54, 1.807) is 0 Å². The molecule has 0 rings (SSSR count). The molecule has 0 radical (unpaired) electrons. The third kappa shape index (κ3) is 4.63. The van der Waals surface area contributed by atoms with Gasteiger partial charge in [0.2, 0.25) is 11.7 Å². The lowest BCUT2D eigenvalue weighted by atomic mass is 10.1. The van der Waals surface area contributed by atoms with Crippen LogP contribution in [0.5, 0.6) is 0 Å². The maximum atomic E-state index is 12.8. The van der Waals surface area contributed by atoms with E-state index >= 15 is 0 Å². The Hall–Kier alpha value is -1.36. The summed E-state index contributed by atoms with van der Waals surface area (Å²) in [5.74, 6) is -13.8. The Morgan fingerprint density at radius 2 is 1.20 bits per heavy atom. The maximum Gasteiger partial charge on any atom is 0.418 e. The fourth-order valence-corrected chi connectivity index (χ4v) is 0.878. The molecule has 0 aromatic carbocycles. The Morgan fingerprint density at radius 1 is 0.800 bits per heavy atom. The number of rotatable bonds is 3. The molecule has 0 aromatic heterocycles. The molecule has 0 heterocycles. The molecule has 12 heteroatoms. The van der Waals surface area contributed by atoms with Gasteiger partial charge in [-0.15, -0.1) is 0 Å². The lowest BCUT2D eigenvalue weighted by Gasteiger charge is -2.21. The minimum absolute atomic E-state index is 2.04. The van der Waals surface area contributed by atoms with Gasteiger partial charge in [0.25, 0.3) is 6.43 Å². The van der Waals surface area contributed by atoms with Gasteiger partial charge in [0.1, 0.15) is 5.57 Å². The summed E-state index contributed by atoms with van der Waals surface area (Å²) < 4.78 is 145. The Kier molecular flexibility index (Phi) is 5.18. The Labute approximate surface area is 102 Å². The lowest BCUT2D eigenvalue weighted by molar-refractivity contribution is -0.136. The zero-order chi connectivity index (χ0) is 16.5. The van der Waals surface area contributed by atoms with Crippen LogP contribution in [0.25, 0.3) is 0 Å². The van der Waals surface area contributed by atoms with Crippen LogP contribution in [0, 0.1) is 0 Å². The number of hydrogen-bond acceptors (Lipinski definition) is 0. The van der Waals surface area contributed by atoms with Gasteiger partial charge >= 0.3 is 18.3 Å². The first-order valence-corrected chi connectivity index (χ1v) is 4.19. The number of hydrogen-bond donors (Lipinski definition) is 0. The lowest BCUT2D eigenvalue weighted by Crippen LogP contribution is -2.33. The average Bonchev–Trinajstić information content (AvgIpc) is 2.20. The predicted molar refractivity (Wildman–Crippen MR) is 40.4 cm³/mol. The van der Waals surface area contributed by atoms with Crippen LogP contribution in [0.15, 0.2) is 23.3 Å². The van der Waals surface area contributed by atoms with Crippen molar-refractivity contribution in [3.8, 4) is 0 Å². The van der Waals surface area contributed by atoms with E-state index in [0.717, 1.165) is 0 Å². The molecule has 0 N–H and O–H groups in total. The first-order chi connectivity index (χ1) is 8.60. The largest absolute Gasteiger partial charge is 0.418 e. The highest BCUT2D eigenvalue weighted by Gasteiger charge is 2.56. The second kappa shape index (κ2) is 5.56. The summed E-state index contributed by atoms with van der Waals surface area (Å²) in [6, 6.07) is 0. The van der Waals surface area contributed by atoms with Gasteiger partial charge in [-0.05, 0) is 0 Å². The van der Waals surface area contributed by atoms with Crippen molar-refractivity contribution in [3.05, 3.63) is 23.3 Å². The van der Waals surface area contributed by atoms with Crippen LogP contribution in [0.4, 0.5) is 52.7 Å². The summed E-state index contributed by atoms with van der Waals surface area (Å²) in [6.45, 7) is 0. The molecule has 0 aliphatic carbocycles. The summed E-state index contributed by atoms with van der Waals surface area (Å²) in [7, 11) is 0. The van der Waals surface area contributed by atoms with Crippen molar-refractivity contribution in [2.75, 3.05) is 0 Å². The van der Waals surface area contributed by atoms with Gasteiger partial charge < -0.3 is 0 Å². The fourth-order valence-electron chi connectivity index (χ4n) is 0.878. The van der Waals surface area contributed by atoms with Gasteiger partial charge in [-0.1, -0.05) is 0 Å². The monoisotopic (exact) mass is 326 g/mol. The number of allylic oxidation sites excluding steroid dienone is 4. The molecule has 20 heavy (non-hydrogen) atoms. The van der Waals surface area contributed by atoms with E-state index < -0.39 is 48.0 Å². The molecule has 0 amide bonds. The fraction of sp³-hybridized carbons (Fsp3) is 0.500. The van der Waals surface area contributed by atoms with Gasteiger partial charge in [-0.2, -0.15) is 35.1 Å². The molecular formula is C8H2F12. The zero-order valence-electron chi connectivity index (χ0n) is 8.69. The molecular weight excluding hydrogens is 324 g/mol. The van der Waals surface area contributed by atoms with Gasteiger partial charge in [0.15, 0.2) is 0 Å². The van der Waals surface area contributed by atoms with Crippen molar-refractivity contribution in [3.63, 3.8) is 0 Å². The molecule has 0 aliphatic rings. The van der Waals surface area contributed by atoms with E-state index in [0.29, 0.717) is 0 Å². The molecule has 0 aromatic rings. The van der Waals surface area contributed by atoms with E-state index in [4.69, 9.17) is 0 Å². The van der Waals surface area contributed by atoms with Crippen LogP contribution in [-0.4, -0.2) is 24.7 Å². The summed E-state index contributed by atoms with van der Waals surface area (Å²) in [5, 5.41) is 0. The summed E-state index contributed by atoms with van der Waals surface area (Å²) >= 11 is 0. The van der Waals surface area contributed by atoms with Crippen LogP contribution in [0.2, 0.25) is 0 Å². The van der Waals surface area contributed by atoms with Crippen molar-refractivity contribution in [2.45, 2.75) is 24.7 Å². The summed E-state index contributed by atoms with van der Waals surface area (Å²) in [4.78, 5) is 0. The minimum Gasteiger partial charge on any atom is -0.202 e. The Balaban J connectivity index is 6.09. The standard InChI is InChI=1S/C8H2F12/c9-3(5(11)12)4(10)7(16,17)2(8(18,19)20)1-6(13,14)15/h1,5H. The highest BCUT2D eigenvalue weighted by molar-refractivity contribution is 5.31. The van der Waals surface area contributed by atoms with Gasteiger partial charge in [0.05, 0.1) is 0 Å². The van der Waals surface area contributed by atoms with Crippen LogP contribution >= 0.6 is 0 Å². The average molecular weight is 326 g/mol. The minimum atomic E-state index is -6.43. The van der Waals surface area contributed by atoms with Gasteiger partial charge in [-0.25, -0.2) is 17.6 Å². The van der Waals surface area contributed by atoms with Crippen LogP contribution in [0.3, 0.4) is 0 Å². The Morgan fingerprint density at radius 3 is 1.45 bits per heavy atom. The van der Waals surface area contributed by atoms with E-state index in [1.807, 2.05) is 0 Å². The number of alkyl halides is 10. The topological polar surface area (TPSA) is 0 Å². The normalized spacial score (nSPS) is 16.6. The van der Waals surface area contributed by atoms with Crippen molar-refractivity contribution >= 4 is 0 Å². The van der Waals surface area contributed by atoms with Crippen LogP contribution in [0.1, 0.15) is 0 Å². The van der Waals surface area contributed by atoms with E-state index in [9.17, 15) is 52.7 Å². The molecule has 0 aliphatic heterocycles. The van der Waals surface area contributed by atoms with Crippen molar-refractivity contribution < 1.29 is 52.7 Å². The van der Waals surface area contributed by atoms with Crippen molar-refractivity contribution in [1.82, 2.24) is 0 Å². The highest BCUT2D eigenvalue weighted by atomic mass is 19.4. The molecule has 0 bridgehead atoms. The van der Waals surface area contributed by atoms with Crippen molar-refractivity contribution in [1.29, 1.82) is 0 Å². The summed E-state index contributed by atoms with van der Waals surface area (Å²) in [6.07, 6.45) is -19.0. The quantitative estimate of drug-likeness (QED) is 0.501. The second-order valence-corrected chi connectivity index (χ2v) is 3.13. The van der Waals surface area contributed by atoms with Crippen LogP contribution in [-0.2, 0) is 0 Å². The second-order valence-electron chi connectivity index (χ2n) is 3.13. The SMILES string of the molecule is FC(=C(F)C(F)(F)C(=CC(F)(F)F)C(F)(F)F)C(F)F. The third-order valence-corrected chi connectivity index (χ3v) is 1.63. The van der Waals surface area contributed by atoms with Crippen LogP contribution < -0.4 is 0 Å². The maximum absolute atomic E-state index is 12.8. The first kappa shape index (κ1) is 18.6. The molecule has 0 fully saturated rings. The molecule has 0 saturated carbocycles. The molecule has 0 nitrogen and oxygen atoms in total. The molecule has 0 saturated heterocycles. The Bertz CT molecular complexity index is 406. The third-order valence-electron chi connectivity index (χ3n) is 1.63. The number of halogens is 12. The molecule has 0 spiro atoms. The predicted octanol–water partition coefficient (Wildman–Crippen LogP) is 5.09. The van der Waals surface area contributed by atoms with E-state index in [-0.39, 0.29) is 0 Å². The molecule has 0 atom stereocenters. The summed E-state index contributed by atoms with van der Waals surface area (Å²) in [5.41, 5.74) is -3.86. The van der Waals surface area contributed by atoms with E-state index in [2.05, 4.69) is 0 Å². The first-order valence-electron chi connectivity index (χ1n) is 4.19. The van der Waals surface area contributed by atoms with Gasteiger partial charge in [0, 0.05) is 6.08 Å². The zero-order valence-corrected chi connectivity index (χ0v) is 8.69. The molecule has 118 valence electrons. The molecule has 0 unspecified atom stereocenters. The van der Waals surface area contributed by atoms with E-state index in [1.165, 1.54) is 0 Å². The van der Waals surface area contributed by atoms with Crippen molar-refractivity contribution in [2.24, 2.45) is 0 Å². The smallest absolute Gasteiger partial charge is 0.202 e. The highest BCUT2D eigenvalue weighted by Crippen LogP contribution is 2.45. The van der Waals surface area contributed by atoms with Gasteiger partial charge in [-0.3, -0.25) is 0 Å².